The summed E-state index contributed by atoms with van der Waals surface area (Å²) in [5.74, 6) is 1.85. The van der Waals surface area contributed by atoms with Gasteiger partial charge in [0.2, 0.25) is 5.91 Å². The van der Waals surface area contributed by atoms with Gasteiger partial charge in [-0.05, 0) is 63.2 Å². The molecule has 3 rings (SSSR count). The lowest BCUT2D eigenvalue weighted by molar-refractivity contribution is -0.146. The Bertz CT molecular complexity index is 505. The summed E-state index contributed by atoms with van der Waals surface area (Å²) in [6.45, 7) is 7.29. The first-order chi connectivity index (χ1) is 14.0. The molecule has 3 aliphatic rings. The average molecular weight is 429 g/mol. The lowest BCUT2D eigenvalue weighted by Gasteiger charge is -2.43. The summed E-state index contributed by atoms with van der Waals surface area (Å²) in [5, 5.41) is 0. The summed E-state index contributed by atoms with van der Waals surface area (Å²) in [5.41, 5.74) is 0. The Morgan fingerprint density at radius 3 is 2.48 bits per heavy atom. The van der Waals surface area contributed by atoms with Crippen LogP contribution in [0.15, 0.2) is 0 Å². The van der Waals surface area contributed by atoms with E-state index >= 15 is 0 Å². The van der Waals surface area contributed by atoms with Crippen LogP contribution in [0.1, 0.15) is 65.2 Å². The topological polar surface area (TPSA) is 73.9 Å². The summed E-state index contributed by atoms with van der Waals surface area (Å²) in [6, 6.07) is -0.00352. The van der Waals surface area contributed by atoms with E-state index in [0.29, 0.717) is 25.9 Å². The van der Waals surface area contributed by atoms with Crippen LogP contribution in [0.25, 0.3) is 0 Å². The van der Waals surface area contributed by atoms with Crippen LogP contribution in [0.3, 0.4) is 0 Å². The van der Waals surface area contributed by atoms with Gasteiger partial charge in [-0.1, -0.05) is 13.8 Å². The number of piperidine rings is 1. The molecule has 29 heavy (non-hydrogen) atoms. The van der Waals surface area contributed by atoms with Gasteiger partial charge in [0.05, 0.1) is 24.8 Å². The molecule has 3 fully saturated rings. The fourth-order valence-corrected chi connectivity index (χ4v) is 5.92. The predicted octanol–water partition coefficient (Wildman–Crippen LogP) is 2.89. The van der Waals surface area contributed by atoms with Gasteiger partial charge in [-0.3, -0.25) is 4.79 Å². The number of amides is 1. The minimum atomic E-state index is -1.10. The van der Waals surface area contributed by atoms with Gasteiger partial charge < -0.3 is 18.9 Å². The van der Waals surface area contributed by atoms with E-state index < -0.39 is 11.4 Å². The first-order valence-corrected chi connectivity index (χ1v) is 13.1. The van der Waals surface area contributed by atoms with Crippen LogP contribution in [-0.2, 0) is 25.6 Å². The van der Waals surface area contributed by atoms with Crippen molar-refractivity contribution >= 4 is 17.3 Å². The van der Waals surface area contributed by atoms with Crippen LogP contribution in [-0.4, -0.2) is 66.2 Å². The van der Waals surface area contributed by atoms with E-state index in [-0.39, 0.29) is 23.9 Å². The van der Waals surface area contributed by atoms with Crippen LogP contribution >= 0.6 is 0 Å². The number of nitrogens with zero attached hydrogens (tertiary/aromatic N) is 1. The van der Waals surface area contributed by atoms with E-state index in [1.54, 1.807) is 6.26 Å². The number of rotatable bonds is 7. The van der Waals surface area contributed by atoms with Crippen molar-refractivity contribution in [3.05, 3.63) is 0 Å². The monoisotopic (exact) mass is 428 g/mol. The molecule has 2 aliphatic heterocycles. The van der Waals surface area contributed by atoms with Gasteiger partial charge in [-0.15, -0.1) is 4.72 Å². The second-order valence-corrected chi connectivity index (χ2v) is 10.6. The van der Waals surface area contributed by atoms with Crippen molar-refractivity contribution in [2.45, 2.75) is 83.4 Å². The highest BCUT2D eigenvalue weighted by Crippen LogP contribution is 2.32. The zero-order valence-electron chi connectivity index (χ0n) is 18.4. The molecule has 1 aliphatic carbocycles. The predicted molar refractivity (Wildman–Crippen MR) is 116 cm³/mol. The van der Waals surface area contributed by atoms with Crippen LogP contribution in [0.5, 0.6) is 0 Å². The molecule has 0 aromatic rings. The standard InChI is InChI=1S/C22H40N2O4S/c1-16(2)17-6-8-19(9-7-17)28-15-21-20(23-29(3)26)5-4-12-24(21)22(25)18-10-13-27-14-11-18/h16-21,23H,4-15H2,1-3H3/t17-,19+,20-,21-,29?/m0/s1. The van der Waals surface area contributed by atoms with Crippen LogP contribution in [0, 0.1) is 17.8 Å². The Hall–Kier alpha value is -0.340. The molecule has 0 aromatic heterocycles. The van der Waals surface area contributed by atoms with Crippen molar-refractivity contribution < 1.29 is 18.8 Å². The second kappa shape index (κ2) is 11.3. The fraction of sp³-hybridized carbons (Fsp3) is 0.955. The van der Waals surface area contributed by atoms with Gasteiger partial charge in [0.1, 0.15) is 6.26 Å². The molecule has 0 spiro atoms. The minimum absolute atomic E-state index is 0.0328. The molecule has 1 amide bonds. The van der Waals surface area contributed by atoms with E-state index in [1.807, 2.05) is 4.90 Å². The van der Waals surface area contributed by atoms with Crippen molar-refractivity contribution in [2.75, 3.05) is 32.6 Å². The molecule has 2 saturated heterocycles. The van der Waals surface area contributed by atoms with Gasteiger partial charge in [-0.2, -0.15) is 0 Å². The molecule has 0 bridgehead atoms. The van der Waals surface area contributed by atoms with Gasteiger partial charge >= 0.3 is 0 Å². The zero-order chi connectivity index (χ0) is 20.8. The normalized spacial score (nSPS) is 33.1. The van der Waals surface area contributed by atoms with Crippen LogP contribution in [0.4, 0.5) is 0 Å². The van der Waals surface area contributed by atoms with Gasteiger partial charge in [0.25, 0.3) is 0 Å². The Morgan fingerprint density at radius 2 is 1.86 bits per heavy atom. The number of nitrogens with one attached hydrogen (secondary N) is 1. The first kappa shape index (κ1) is 23.3. The molecule has 168 valence electrons. The summed E-state index contributed by atoms with van der Waals surface area (Å²) in [6.07, 6.45) is 10.1. The number of hydrogen-bond donors (Lipinski definition) is 1. The van der Waals surface area contributed by atoms with E-state index in [2.05, 4.69) is 18.6 Å². The minimum Gasteiger partial charge on any atom is -0.598 e. The van der Waals surface area contributed by atoms with Crippen LogP contribution in [0.2, 0.25) is 0 Å². The second-order valence-electron chi connectivity index (χ2n) is 9.42. The Balaban J connectivity index is 1.61. The van der Waals surface area contributed by atoms with Crippen LogP contribution < -0.4 is 4.72 Å². The summed E-state index contributed by atoms with van der Waals surface area (Å²) < 4.78 is 26.9. The lowest BCUT2D eigenvalue weighted by atomic mass is 9.80. The highest BCUT2D eigenvalue weighted by molar-refractivity contribution is 7.88. The van der Waals surface area contributed by atoms with E-state index in [0.717, 1.165) is 56.9 Å². The molecular weight excluding hydrogens is 388 g/mol. The molecule has 7 heteroatoms. The quantitative estimate of drug-likeness (QED) is 0.631. The number of hydrogen-bond acceptors (Lipinski definition) is 5. The summed E-state index contributed by atoms with van der Waals surface area (Å²) >= 11 is -1.10. The van der Waals surface area contributed by atoms with Gasteiger partial charge in [0.15, 0.2) is 0 Å². The third kappa shape index (κ3) is 6.57. The Kier molecular flexibility index (Phi) is 9.11. The highest BCUT2D eigenvalue weighted by atomic mass is 32.2. The maximum absolute atomic E-state index is 13.3. The number of ether oxygens (including phenoxy) is 2. The number of carbonyl (C=O) groups excluding carboxylic acids is 1. The molecule has 0 aromatic carbocycles. The Labute approximate surface area is 179 Å². The maximum Gasteiger partial charge on any atom is 0.226 e. The average Bonchev–Trinajstić information content (AvgIpc) is 2.72. The van der Waals surface area contributed by atoms with Gasteiger partial charge in [0, 0.05) is 37.0 Å². The van der Waals surface area contributed by atoms with E-state index in [1.165, 1.54) is 12.8 Å². The number of likely N-dealkylation sites (tertiary alicyclic amines) is 1. The molecule has 1 unspecified atom stereocenters. The molecule has 3 atom stereocenters. The lowest BCUT2D eigenvalue weighted by Crippen LogP contribution is -2.60. The molecule has 2 heterocycles. The summed E-state index contributed by atoms with van der Waals surface area (Å²) in [4.78, 5) is 15.3. The van der Waals surface area contributed by atoms with Crippen molar-refractivity contribution in [3.63, 3.8) is 0 Å². The molecule has 6 nitrogen and oxygen atoms in total. The first-order valence-electron chi connectivity index (χ1n) is 11.5. The van der Waals surface area contributed by atoms with Gasteiger partial charge in [-0.25, -0.2) is 0 Å². The SMILES string of the molecule is CC(C)[C@H]1CC[C@@H](OC[C@H]2[C@@H](N[S+](C)[O-])CCCN2C(=O)C2CCOCC2)CC1. The third-order valence-electron chi connectivity index (χ3n) is 7.11. The van der Waals surface area contributed by atoms with Crippen molar-refractivity contribution in [3.8, 4) is 0 Å². The van der Waals surface area contributed by atoms with E-state index in [9.17, 15) is 9.35 Å². The molecule has 0 radical (unpaired) electrons. The van der Waals surface area contributed by atoms with Crippen molar-refractivity contribution in [2.24, 2.45) is 17.8 Å². The maximum atomic E-state index is 13.3. The van der Waals surface area contributed by atoms with Crippen molar-refractivity contribution in [1.82, 2.24) is 9.62 Å². The highest BCUT2D eigenvalue weighted by Gasteiger charge is 2.39. The summed E-state index contributed by atoms with van der Waals surface area (Å²) in [7, 11) is 0. The number of carbonyl (C=O) groups is 1. The Morgan fingerprint density at radius 1 is 1.17 bits per heavy atom. The smallest absolute Gasteiger partial charge is 0.226 e. The molecule has 1 saturated carbocycles. The third-order valence-corrected chi connectivity index (χ3v) is 7.75. The fourth-order valence-electron chi connectivity index (χ4n) is 5.22. The zero-order valence-corrected chi connectivity index (χ0v) is 19.3. The van der Waals surface area contributed by atoms with Crippen molar-refractivity contribution in [1.29, 1.82) is 0 Å². The molecular formula is C22H40N2O4S. The molecule has 1 N–H and O–H groups in total. The van der Waals surface area contributed by atoms with E-state index in [4.69, 9.17) is 9.47 Å². The largest absolute Gasteiger partial charge is 0.598 e.